The fourth-order valence-electron chi connectivity index (χ4n) is 9.01. The molecule has 3 saturated heterocycles. The Kier molecular flexibility index (Phi) is 12.1. The molecule has 0 aliphatic carbocycles. The molecule has 3 fully saturated rings. The summed E-state index contributed by atoms with van der Waals surface area (Å²) in [5, 5.41) is 3.06. The number of hydrogen-bond donors (Lipinski definition) is 2. The summed E-state index contributed by atoms with van der Waals surface area (Å²) in [7, 11) is 1.56. The molecule has 55 heavy (non-hydrogen) atoms. The van der Waals surface area contributed by atoms with Crippen molar-refractivity contribution in [1.29, 1.82) is 0 Å². The van der Waals surface area contributed by atoms with Gasteiger partial charge in [0.1, 0.15) is 0 Å². The number of nitrogens with one attached hydrogen (secondary N) is 2. The number of imidazole rings is 1. The van der Waals surface area contributed by atoms with Gasteiger partial charge in [-0.2, -0.15) is 4.98 Å². The molecule has 0 bridgehead atoms. The molecular formula is C41H55N7O7. The summed E-state index contributed by atoms with van der Waals surface area (Å²) >= 11 is 0. The highest BCUT2D eigenvalue weighted by atomic mass is 16.6. The second-order valence-corrected chi connectivity index (χ2v) is 15.5. The molecule has 296 valence electrons. The van der Waals surface area contributed by atoms with Crippen molar-refractivity contribution in [3.05, 3.63) is 53.1 Å². The van der Waals surface area contributed by atoms with Crippen molar-refractivity contribution in [2.45, 2.75) is 77.4 Å². The fourth-order valence-corrected chi connectivity index (χ4v) is 9.01. The van der Waals surface area contributed by atoms with Crippen molar-refractivity contribution in [2.24, 2.45) is 11.8 Å². The predicted molar refractivity (Wildman–Crippen MR) is 207 cm³/mol. The highest BCUT2D eigenvalue weighted by Gasteiger charge is 2.37. The van der Waals surface area contributed by atoms with Crippen LogP contribution in [0.1, 0.15) is 62.1 Å². The van der Waals surface area contributed by atoms with Gasteiger partial charge in [-0.05, 0) is 113 Å². The number of fused-ring (bicyclic) bond motifs is 2. The van der Waals surface area contributed by atoms with E-state index in [4.69, 9.17) is 14.2 Å². The zero-order valence-electron chi connectivity index (χ0n) is 32.4. The van der Waals surface area contributed by atoms with E-state index >= 15 is 0 Å². The van der Waals surface area contributed by atoms with Crippen LogP contribution in [-0.2, 0) is 31.9 Å². The highest BCUT2D eigenvalue weighted by molar-refractivity contribution is 5.91. The number of benzene rings is 2. The Labute approximate surface area is 322 Å². The molecule has 4 aliphatic heterocycles. The van der Waals surface area contributed by atoms with E-state index in [2.05, 4.69) is 20.2 Å². The lowest BCUT2D eigenvalue weighted by Gasteiger charge is -2.41. The van der Waals surface area contributed by atoms with Crippen molar-refractivity contribution >= 4 is 40.7 Å². The summed E-state index contributed by atoms with van der Waals surface area (Å²) in [5.74, 6) is 0.730. The van der Waals surface area contributed by atoms with Crippen molar-refractivity contribution in [1.82, 2.24) is 29.6 Å². The SMILES string of the molecule is CCOC(=O)CN1CCC(C2CCN(C(=O)[C@@H](Cc3cc(C)c4nc(OC)[nH]c4c3)OC(=O)N3CCC(N4CCc5ccccc5NC4=O)CC3)CC2)CC1. The van der Waals surface area contributed by atoms with Crippen LogP contribution in [0, 0.1) is 18.8 Å². The van der Waals surface area contributed by atoms with Crippen LogP contribution >= 0.6 is 0 Å². The minimum Gasteiger partial charge on any atom is -0.468 e. The van der Waals surface area contributed by atoms with Gasteiger partial charge in [-0.15, -0.1) is 0 Å². The first kappa shape index (κ1) is 38.4. The van der Waals surface area contributed by atoms with Gasteiger partial charge >= 0.3 is 18.1 Å². The summed E-state index contributed by atoms with van der Waals surface area (Å²) in [6, 6.07) is 12.1. The van der Waals surface area contributed by atoms with Crippen LogP contribution in [-0.4, -0.2) is 132 Å². The van der Waals surface area contributed by atoms with Crippen molar-refractivity contribution in [2.75, 3.05) is 71.4 Å². The molecule has 0 spiro atoms. The maximum absolute atomic E-state index is 14.3. The first-order valence-electron chi connectivity index (χ1n) is 20.0. The van der Waals surface area contributed by atoms with E-state index in [0.29, 0.717) is 76.6 Å². The van der Waals surface area contributed by atoms with Gasteiger partial charge in [-0.1, -0.05) is 24.3 Å². The summed E-state index contributed by atoms with van der Waals surface area (Å²) < 4.78 is 16.6. The number of aromatic nitrogens is 2. The Balaban J connectivity index is 0.980. The number of aryl methyl sites for hydroxylation is 1. The minimum atomic E-state index is -0.996. The van der Waals surface area contributed by atoms with Crippen LogP contribution in [0.25, 0.3) is 11.0 Å². The number of methoxy groups -OCH3 is 1. The first-order chi connectivity index (χ1) is 26.7. The third-order valence-electron chi connectivity index (χ3n) is 12.1. The zero-order valence-corrected chi connectivity index (χ0v) is 32.4. The average Bonchev–Trinajstić information content (AvgIpc) is 3.55. The predicted octanol–water partition coefficient (Wildman–Crippen LogP) is 5.00. The van der Waals surface area contributed by atoms with E-state index in [1.807, 2.05) is 60.0 Å². The molecule has 0 unspecified atom stereocenters. The number of nitrogens with zero attached hydrogens (tertiary/aromatic N) is 5. The molecule has 3 aromatic rings. The molecule has 14 heteroatoms. The smallest absolute Gasteiger partial charge is 0.410 e. The lowest BCUT2D eigenvalue weighted by Crippen LogP contribution is -2.52. The number of anilines is 1. The van der Waals surface area contributed by atoms with E-state index in [-0.39, 0.29) is 30.4 Å². The van der Waals surface area contributed by atoms with E-state index in [1.165, 1.54) is 0 Å². The Bertz CT molecular complexity index is 1840. The number of esters is 1. The van der Waals surface area contributed by atoms with Crippen LogP contribution in [0.2, 0.25) is 0 Å². The number of likely N-dealkylation sites (tertiary alicyclic amines) is 3. The van der Waals surface area contributed by atoms with Gasteiger partial charge in [0.05, 0.1) is 31.3 Å². The number of urea groups is 1. The number of H-pyrrole nitrogens is 1. The number of ether oxygens (including phenoxy) is 3. The van der Waals surface area contributed by atoms with Gasteiger partial charge in [-0.3, -0.25) is 14.5 Å². The number of hydrogen-bond acceptors (Lipinski definition) is 9. The van der Waals surface area contributed by atoms with Gasteiger partial charge in [0, 0.05) is 50.9 Å². The highest BCUT2D eigenvalue weighted by Crippen LogP contribution is 2.33. The van der Waals surface area contributed by atoms with Crippen molar-refractivity contribution in [3.8, 4) is 6.01 Å². The molecule has 7 rings (SSSR count). The number of carbonyl (C=O) groups is 4. The Hall–Kier alpha value is -4.85. The van der Waals surface area contributed by atoms with Gasteiger partial charge in [-0.25, -0.2) is 9.59 Å². The molecule has 1 atom stereocenters. The second kappa shape index (κ2) is 17.3. The van der Waals surface area contributed by atoms with Gasteiger partial charge in [0.15, 0.2) is 6.10 Å². The van der Waals surface area contributed by atoms with E-state index in [9.17, 15) is 19.2 Å². The van der Waals surface area contributed by atoms with Crippen LogP contribution < -0.4 is 10.1 Å². The lowest BCUT2D eigenvalue weighted by molar-refractivity contribution is -0.144. The molecule has 5 heterocycles. The quantitative estimate of drug-likeness (QED) is 0.273. The molecular weight excluding hydrogens is 702 g/mol. The monoisotopic (exact) mass is 757 g/mol. The van der Waals surface area contributed by atoms with Gasteiger partial charge in [0.25, 0.3) is 11.9 Å². The fraction of sp³-hybridized carbons (Fsp3) is 0.585. The Morgan fingerprint density at radius 3 is 2.31 bits per heavy atom. The average molecular weight is 758 g/mol. The number of rotatable bonds is 10. The molecule has 1 aromatic heterocycles. The van der Waals surface area contributed by atoms with Crippen LogP contribution in [0.3, 0.4) is 0 Å². The van der Waals surface area contributed by atoms with E-state index in [0.717, 1.165) is 78.6 Å². The normalized spacial score (nSPS) is 19.8. The van der Waals surface area contributed by atoms with E-state index < -0.39 is 12.2 Å². The topological polar surface area (TPSA) is 150 Å². The molecule has 4 amide bonds. The summed E-state index contributed by atoms with van der Waals surface area (Å²) in [5.41, 5.74) is 5.35. The summed E-state index contributed by atoms with van der Waals surface area (Å²) in [6.45, 7) is 9.01. The molecule has 0 saturated carbocycles. The standard InChI is InChI=1S/C41H55N7O7/c1-4-54-36(49)26-45-16-9-29(10-17-45)30-11-18-46(19-12-30)38(50)35(25-28-23-27(2)37-34(24-28)42-39(44-37)53-3)55-41(52)47-20-14-32(15-21-47)48-22-13-31-7-5-6-8-33(31)43-40(48)51/h5-8,23-24,29-30,32,35H,4,9-22,25-26H2,1-3H3,(H,42,44)(H,43,51)/t35-/m1/s1. The summed E-state index contributed by atoms with van der Waals surface area (Å²) in [4.78, 5) is 68.6. The van der Waals surface area contributed by atoms with Crippen LogP contribution in [0.15, 0.2) is 36.4 Å². The first-order valence-corrected chi connectivity index (χ1v) is 20.0. The zero-order chi connectivity index (χ0) is 38.5. The Morgan fingerprint density at radius 2 is 1.60 bits per heavy atom. The number of para-hydroxylation sites is 1. The summed E-state index contributed by atoms with van der Waals surface area (Å²) in [6.07, 6.45) is 4.62. The van der Waals surface area contributed by atoms with Gasteiger partial charge < -0.3 is 39.2 Å². The lowest BCUT2D eigenvalue weighted by atomic mass is 9.78. The molecule has 2 aromatic carbocycles. The largest absolute Gasteiger partial charge is 0.468 e. The molecule has 14 nitrogen and oxygen atoms in total. The maximum atomic E-state index is 14.3. The molecule has 2 N–H and O–H groups in total. The van der Waals surface area contributed by atoms with Crippen molar-refractivity contribution < 1.29 is 33.4 Å². The second-order valence-electron chi connectivity index (χ2n) is 15.5. The molecule has 0 radical (unpaired) electrons. The van der Waals surface area contributed by atoms with Crippen molar-refractivity contribution in [3.63, 3.8) is 0 Å². The van der Waals surface area contributed by atoms with E-state index in [1.54, 1.807) is 12.0 Å². The number of aromatic amines is 1. The third-order valence-corrected chi connectivity index (χ3v) is 12.1. The number of carbonyl (C=O) groups excluding carboxylic acids is 4. The Morgan fingerprint density at radius 1 is 0.909 bits per heavy atom. The van der Waals surface area contributed by atoms with Crippen LogP contribution in [0.5, 0.6) is 6.01 Å². The maximum Gasteiger partial charge on any atom is 0.410 e. The van der Waals surface area contributed by atoms with Crippen LogP contribution in [0.4, 0.5) is 15.3 Å². The number of amides is 4. The van der Waals surface area contributed by atoms with Gasteiger partial charge in [0.2, 0.25) is 0 Å². The molecule has 4 aliphatic rings. The third kappa shape index (κ3) is 9.01. The minimum absolute atomic E-state index is 0.00277. The number of piperidine rings is 3.